The van der Waals surface area contributed by atoms with E-state index >= 15 is 0 Å². The third-order valence-corrected chi connectivity index (χ3v) is 3.17. The predicted molar refractivity (Wildman–Crippen MR) is 75.7 cm³/mol. The molecule has 1 aromatic carbocycles. The topological polar surface area (TPSA) is 68.0 Å². The number of carbonyl (C=O) groups is 1. The lowest BCUT2D eigenvalue weighted by Gasteiger charge is -2.07. The summed E-state index contributed by atoms with van der Waals surface area (Å²) in [6.45, 7) is 0. The van der Waals surface area contributed by atoms with Crippen LogP contribution >= 0.6 is 27.5 Å². The van der Waals surface area contributed by atoms with Gasteiger partial charge < -0.3 is 11.1 Å². The Morgan fingerprint density at radius 2 is 2.16 bits per heavy atom. The van der Waals surface area contributed by atoms with Crippen molar-refractivity contribution in [3.63, 3.8) is 0 Å². The maximum atomic E-state index is 13.0. The van der Waals surface area contributed by atoms with E-state index in [4.69, 9.17) is 17.3 Å². The predicted octanol–water partition coefficient (Wildman–Crippen LogP) is 3.47. The molecule has 0 aliphatic rings. The van der Waals surface area contributed by atoms with Gasteiger partial charge in [0.05, 0.1) is 21.4 Å². The van der Waals surface area contributed by atoms with Crippen molar-refractivity contribution in [3.8, 4) is 0 Å². The van der Waals surface area contributed by atoms with Crippen molar-refractivity contribution < 1.29 is 9.18 Å². The van der Waals surface area contributed by atoms with E-state index in [1.54, 1.807) is 6.07 Å². The van der Waals surface area contributed by atoms with E-state index in [1.807, 2.05) is 0 Å². The molecule has 0 saturated carbocycles. The molecule has 2 aromatic rings. The number of benzene rings is 1. The summed E-state index contributed by atoms with van der Waals surface area (Å²) in [5.41, 5.74) is 6.24. The monoisotopic (exact) mass is 343 g/mol. The Labute approximate surface area is 121 Å². The Hall–Kier alpha value is -1.66. The van der Waals surface area contributed by atoms with Crippen molar-refractivity contribution in [1.82, 2.24) is 4.98 Å². The van der Waals surface area contributed by atoms with Crippen molar-refractivity contribution in [3.05, 3.63) is 51.3 Å². The number of carbonyl (C=O) groups excluding carboxylic acids is 1. The highest BCUT2D eigenvalue weighted by atomic mass is 79.9. The molecule has 98 valence electrons. The Kier molecular flexibility index (Phi) is 4.01. The van der Waals surface area contributed by atoms with Gasteiger partial charge in [-0.2, -0.15) is 0 Å². The maximum absolute atomic E-state index is 13.0. The van der Waals surface area contributed by atoms with Gasteiger partial charge in [0.1, 0.15) is 11.6 Å². The van der Waals surface area contributed by atoms with Gasteiger partial charge >= 0.3 is 0 Å². The quantitative estimate of drug-likeness (QED) is 0.876. The largest absolute Gasteiger partial charge is 0.397 e. The molecule has 0 atom stereocenters. The van der Waals surface area contributed by atoms with Gasteiger partial charge in [-0.1, -0.05) is 11.6 Å². The van der Waals surface area contributed by atoms with Crippen LogP contribution in [0.5, 0.6) is 0 Å². The summed E-state index contributed by atoms with van der Waals surface area (Å²) in [7, 11) is 0. The van der Waals surface area contributed by atoms with Crippen LogP contribution in [0.3, 0.4) is 0 Å². The normalized spacial score (nSPS) is 10.3. The summed E-state index contributed by atoms with van der Waals surface area (Å²) >= 11 is 8.85. The zero-order valence-corrected chi connectivity index (χ0v) is 11.8. The van der Waals surface area contributed by atoms with Gasteiger partial charge in [0.15, 0.2) is 0 Å². The van der Waals surface area contributed by atoms with Crippen LogP contribution in [-0.2, 0) is 0 Å². The lowest BCUT2D eigenvalue weighted by molar-refractivity contribution is 0.102. The minimum absolute atomic E-state index is 0.114. The van der Waals surface area contributed by atoms with Gasteiger partial charge in [0.2, 0.25) is 0 Å². The van der Waals surface area contributed by atoms with Crippen LogP contribution in [0.4, 0.5) is 15.9 Å². The molecule has 0 aliphatic heterocycles. The second-order valence-electron chi connectivity index (χ2n) is 3.68. The van der Waals surface area contributed by atoms with E-state index in [1.165, 1.54) is 18.3 Å². The fourth-order valence-corrected chi connectivity index (χ4v) is 2.01. The zero-order chi connectivity index (χ0) is 14.0. The van der Waals surface area contributed by atoms with Crippen LogP contribution in [0.1, 0.15) is 10.4 Å². The molecule has 0 spiro atoms. The lowest BCUT2D eigenvalue weighted by Crippen LogP contribution is -2.13. The molecule has 1 amide bonds. The Balaban J connectivity index is 2.23. The summed E-state index contributed by atoms with van der Waals surface area (Å²) in [6.07, 6.45) is 1.41. The number of hydrogen-bond acceptors (Lipinski definition) is 3. The van der Waals surface area contributed by atoms with Crippen molar-refractivity contribution >= 4 is 44.9 Å². The number of halogens is 3. The number of aromatic nitrogens is 1. The molecule has 1 heterocycles. The Bertz CT molecular complexity index is 651. The van der Waals surface area contributed by atoms with E-state index in [-0.39, 0.29) is 10.6 Å². The van der Waals surface area contributed by atoms with Gasteiger partial charge in [0.25, 0.3) is 5.91 Å². The van der Waals surface area contributed by atoms with Gasteiger partial charge in [-0.05, 0) is 40.2 Å². The molecule has 0 aliphatic carbocycles. The Morgan fingerprint density at radius 3 is 2.79 bits per heavy atom. The summed E-state index contributed by atoms with van der Waals surface area (Å²) in [5, 5.41) is 2.45. The number of nitrogens with one attached hydrogen (secondary N) is 1. The van der Waals surface area contributed by atoms with Crippen LogP contribution in [-0.4, -0.2) is 10.9 Å². The highest BCUT2D eigenvalue weighted by molar-refractivity contribution is 9.10. The highest BCUT2D eigenvalue weighted by Crippen LogP contribution is 2.23. The van der Waals surface area contributed by atoms with Crippen LogP contribution < -0.4 is 11.1 Å². The Morgan fingerprint density at radius 1 is 1.42 bits per heavy atom. The van der Waals surface area contributed by atoms with Crippen LogP contribution in [0.2, 0.25) is 5.02 Å². The number of rotatable bonds is 2. The third-order valence-electron chi connectivity index (χ3n) is 2.28. The SMILES string of the molecule is Nc1cnc(NC(=O)c2ccc(F)c(Cl)c2)c(Br)c1. The van der Waals surface area contributed by atoms with E-state index < -0.39 is 11.7 Å². The van der Waals surface area contributed by atoms with E-state index in [9.17, 15) is 9.18 Å². The summed E-state index contributed by atoms with van der Waals surface area (Å²) in [6, 6.07) is 5.32. The van der Waals surface area contributed by atoms with Crippen LogP contribution in [0.15, 0.2) is 34.9 Å². The molecule has 0 saturated heterocycles. The van der Waals surface area contributed by atoms with Crippen molar-refractivity contribution in [2.45, 2.75) is 0 Å². The van der Waals surface area contributed by atoms with Gasteiger partial charge in [-0.25, -0.2) is 9.37 Å². The molecule has 19 heavy (non-hydrogen) atoms. The standard InChI is InChI=1S/C12H8BrClFN3O/c13-8-4-7(16)5-17-11(8)18-12(19)6-1-2-10(15)9(14)3-6/h1-5H,16H2,(H,17,18,19). The molecule has 7 heteroatoms. The molecule has 0 bridgehead atoms. The van der Waals surface area contributed by atoms with Crippen molar-refractivity contribution in [1.29, 1.82) is 0 Å². The van der Waals surface area contributed by atoms with Crippen LogP contribution in [0.25, 0.3) is 0 Å². The molecular weight excluding hydrogens is 337 g/mol. The molecular formula is C12H8BrClFN3O. The first kappa shape index (κ1) is 13.8. The second-order valence-corrected chi connectivity index (χ2v) is 4.94. The number of nitrogens with two attached hydrogens (primary N) is 1. The second kappa shape index (κ2) is 5.54. The summed E-state index contributed by atoms with van der Waals surface area (Å²) < 4.78 is 13.6. The number of amides is 1. The van der Waals surface area contributed by atoms with Gasteiger partial charge in [0, 0.05) is 5.56 Å². The molecule has 0 fully saturated rings. The van der Waals surface area contributed by atoms with Crippen molar-refractivity contribution in [2.75, 3.05) is 11.1 Å². The first-order valence-electron chi connectivity index (χ1n) is 5.15. The fraction of sp³-hybridized carbons (Fsp3) is 0. The van der Waals surface area contributed by atoms with Gasteiger partial charge in [-0.3, -0.25) is 4.79 Å². The molecule has 0 radical (unpaired) electrons. The first-order chi connectivity index (χ1) is 8.97. The fourth-order valence-electron chi connectivity index (χ4n) is 1.36. The number of pyridine rings is 1. The lowest BCUT2D eigenvalue weighted by atomic mass is 10.2. The summed E-state index contributed by atoms with van der Waals surface area (Å²) in [5.74, 6) is -0.704. The summed E-state index contributed by atoms with van der Waals surface area (Å²) in [4.78, 5) is 15.9. The number of nitrogen functional groups attached to an aromatic ring is 1. The minimum Gasteiger partial charge on any atom is -0.397 e. The molecule has 4 nitrogen and oxygen atoms in total. The number of anilines is 2. The van der Waals surface area contributed by atoms with E-state index in [0.29, 0.717) is 16.0 Å². The third kappa shape index (κ3) is 3.21. The smallest absolute Gasteiger partial charge is 0.256 e. The first-order valence-corrected chi connectivity index (χ1v) is 6.32. The van der Waals surface area contributed by atoms with E-state index in [0.717, 1.165) is 6.07 Å². The molecule has 1 aromatic heterocycles. The average molecular weight is 345 g/mol. The number of hydrogen-bond donors (Lipinski definition) is 2. The highest BCUT2D eigenvalue weighted by Gasteiger charge is 2.11. The molecule has 0 unspecified atom stereocenters. The number of nitrogens with zero attached hydrogens (tertiary/aromatic N) is 1. The molecule has 3 N–H and O–H groups in total. The van der Waals surface area contributed by atoms with Crippen LogP contribution in [0, 0.1) is 5.82 Å². The average Bonchev–Trinajstić information content (AvgIpc) is 2.36. The van der Waals surface area contributed by atoms with E-state index in [2.05, 4.69) is 26.2 Å². The molecule has 2 rings (SSSR count). The van der Waals surface area contributed by atoms with Gasteiger partial charge in [-0.15, -0.1) is 0 Å². The zero-order valence-electron chi connectivity index (χ0n) is 9.45. The minimum atomic E-state index is -0.579. The maximum Gasteiger partial charge on any atom is 0.256 e. The van der Waals surface area contributed by atoms with Crippen molar-refractivity contribution in [2.24, 2.45) is 0 Å².